The van der Waals surface area contributed by atoms with Gasteiger partial charge in [-0.05, 0) is 18.6 Å². The summed E-state index contributed by atoms with van der Waals surface area (Å²) >= 11 is 1.48. The third-order valence-electron chi connectivity index (χ3n) is 4.13. The molecule has 3 aromatic rings. The van der Waals surface area contributed by atoms with Crippen LogP contribution in [0.4, 0.5) is 4.79 Å². The molecule has 5 nitrogen and oxygen atoms in total. The summed E-state index contributed by atoms with van der Waals surface area (Å²) in [7, 11) is 0. The molecule has 6 heteroatoms. The first kappa shape index (κ1) is 17.6. The molecule has 0 aliphatic rings. The van der Waals surface area contributed by atoms with Crippen LogP contribution in [-0.2, 0) is 4.74 Å². The average Bonchev–Trinajstić information content (AvgIpc) is 3.28. The molecule has 0 aliphatic heterocycles. The van der Waals surface area contributed by atoms with Crippen molar-refractivity contribution in [3.05, 3.63) is 35.2 Å². The quantitative estimate of drug-likeness (QED) is 0.499. The standard InChI is InChI=1S/C19H23N3O2S/c1-2-3-4-5-6-9-12-24-19(23)22-17-11-8-7-10-15(17)21-18(22)16-13-25-14-20-16/h7-8,10-11,13-14H,2-6,9,12H2,1H3. The molecule has 3 rings (SSSR count). The Hall–Kier alpha value is -2.21. The Morgan fingerprint density at radius 1 is 1.16 bits per heavy atom. The Morgan fingerprint density at radius 2 is 1.96 bits per heavy atom. The summed E-state index contributed by atoms with van der Waals surface area (Å²) in [6.07, 6.45) is 6.57. The molecule has 0 atom stereocenters. The van der Waals surface area contributed by atoms with Gasteiger partial charge in [0.05, 0.1) is 23.2 Å². The van der Waals surface area contributed by atoms with Crippen molar-refractivity contribution >= 4 is 28.5 Å². The number of imidazole rings is 1. The number of aromatic nitrogens is 3. The number of nitrogens with zero attached hydrogens (tertiary/aromatic N) is 3. The number of benzene rings is 1. The first-order valence-corrected chi connectivity index (χ1v) is 9.78. The highest BCUT2D eigenvalue weighted by Crippen LogP contribution is 2.25. The second kappa shape index (κ2) is 8.76. The van der Waals surface area contributed by atoms with Crippen molar-refractivity contribution in [3.8, 4) is 11.5 Å². The second-order valence-electron chi connectivity index (χ2n) is 6.02. The van der Waals surface area contributed by atoms with Gasteiger partial charge in [0.1, 0.15) is 5.69 Å². The van der Waals surface area contributed by atoms with E-state index >= 15 is 0 Å². The number of carbonyl (C=O) groups excluding carboxylic acids is 1. The fraction of sp³-hybridized carbons (Fsp3) is 0.421. The molecule has 1 aromatic carbocycles. The maximum absolute atomic E-state index is 12.6. The van der Waals surface area contributed by atoms with Crippen LogP contribution in [0.1, 0.15) is 45.4 Å². The van der Waals surface area contributed by atoms with Crippen LogP contribution in [0.2, 0.25) is 0 Å². The summed E-state index contributed by atoms with van der Waals surface area (Å²) in [5.41, 5.74) is 3.94. The molecule has 0 spiro atoms. The largest absolute Gasteiger partial charge is 0.449 e. The van der Waals surface area contributed by atoms with E-state index in [1.807, 2.05) is 29.6 Å². The van der Waals surface area contributed by atoms with Gasteiger partial charge in [0.25, 0.3) is 0 Å². The summed E-state index contributed by atoms with van der Waals surface area (Å²) in [5.74, 6) is 0.537. The van der Waals surface area contributed by atoms with Crippen LogP contribution >= 0.6 is 11.3 Å². The van der Waals surface area contributed by atoms with Gasteiger partial charge in [0.2, 0.25) is 0 Å². The van der Waals surface area contributed by atoms with Gasteiger partial charge in [0, 0.05) is 5.38 Å². The molecule has 0 radical (unpaired) electrons. The SMILES string of the molecule is CCCCCCCCOC(=O)n1c(-c2cscn2)nc2ccccc21. The molecular weight excluding hydrogens is 334 g/mol. The predicted molar refractivity (Wildman–Crippen MR) is 101 cm³/mol. The van der Waals surface area contributed by atoms with Gasteiger partial charge in [-0.25, -0.2) is 19.3 Å². The topological polar surface area (TPSA) is 57.0 Å². The average molecular weight is 357 g/mol. The van der Waals surface area contributed by atoms with Crippen LogP contribution in [0, 0.1) is 0 Å². The number of para-hydroxylation sites is 2. The van der Waals surface area contributed by atoms with E-state index in [1.54, 1.807) is 5.51 Å². The van der Waals surface area contributed by atoms with Gasteiger partial charge in [-0.3, -0.25) is 0 Å². The second-order valence-corrected chi connectivity index (χ2v) is 6.73. The number of hydrogen-bond acceptors (Lipinski definition) is 5. The maximum atomic E-state index is 12.6. The van der Waals surface area contributed by atoms with E-state index in [9.17, 15) is 4.79 Å². The summed E-state index contributed by atoms with van der Waals surface area (Å²) in [6, 6.07) is 7.57. The van der Waals surface area contributed by atoms with Crippen LogP contribution in [-0.4, -0.2) is 27.2 Å². The molecular formula is C19H23N3O2S. The normalized spacial score (nSPS) is 11.1. The molecule has 0 amide bonds. The molecule has 0 saturated heterocycles. The highest BCUT2D eigenvalue weighted by atomic mass is 32.1. The van der Waals surface area contributed by atoms with Crippen molar-refractivity contribution in [1.29, 1.82) is 0 Å². The lowest BCUT2D eigenvalue weighted by Crippen LogP contribution is -2.15. The molecule has 0 saturated carbocycles. The number of unbranched alkanes of at least 4 members (excludes halogenated alkanes) is 5. The van der Waals surface area contributed by atoms with E-state index in [4.69, 9.17) is 4.74 Å². The van der Waals surface area contributed by atoms with E-state index in [2.05, 4.69) is 16.9 Å². The van der Waals surface area contributed by atoms with Crippen LogP contribution in [0.15, 0.2) is 35.2 Å². The number of fused-ring (bicyclic) bond motifs is 1. The number of rotatable bonds is 8. The highest BCUT2D eigenvalue weighted by Gasteiger charge is 2.20. The lowest BCUT2D eigenvalue weighted by atomic mass is 10.1. The first-order valence-electron chi connectivity index (χ1n) is 8.84. The van der Waals surface area contributed by atoms with Crippen molar-refractivity contribution in [1.82, 2.24) is 14.5 Å². The van der Waals surface area contributed by atoms with Crippen molar-refractivity contribution in [2.75, 3.05) is 6.61 Å². The molecule has 2 aromatic heterocycles. The third kappa shape index (κ3) is 4.25. The summed E-state index contributed by atoms with van der Waals surface area (Å²) in [6.45, 7) is 2.64. The Bertz CT molecular complexity index is 811. The third-order valence-corrected chi connectivity index (χ3v) is 4.71. The summed E-state index contributed by atoms with van der Waals surface area (Å²) in [5, 5.41) is 1.89. The van der Waals surface area contributed by atoms with Crippen molar-refractivity contribution in [2.24, 2.45) is 0 Å². The lowest BCUT2D eigenvalue weighted by molar-refractivity contribution is 0.147. The van der Waals surface area contributed by atoms with E-state index in [0.29, 0.717) is 18.1 Å². The number of ether oxygens (including phenoxy) is 1. The zero-order chi connectivity index (χ0) is 17.5. The van der Waals surface area contributed by atoms with E-state index in [0.717, 1.165) is 23.9 Å². The summed E-state index contributed by atoms with van der Waals surface area (Å²) in [4.78, 5) is 21.5. The molecule has 0 fully saturated rings. The Balaban J connectivity index is 1.69. The van der Waals surface area contributed by atoms with E-state index < -0.39 is 0 Å². The van der Waals surface area contributed by atoms with Gasteiger partial charge in [-0.2, -0.15) is 0 Å². The molecule has 0 bridgehead atoms. The minimum absolute atomic E-state index is 0.384. The van der Waals surface area contributed by atoms with Crippen LogP contribution < -0.4 is 0 Å². The van der Waals surface area contributed by atoms with E-state index in [-0.39, 0.29) is 6.09 Å². The predicted octanol–water partition coefficient (Wildman–Crippen LogP) is 5.51. The van der Waals surface area contributed by atoms with Gasteiger partial charge in [-0.1, -0.05) is 51.2 Å². The highest BCUT2D eigenvalue weighted by molar-refractivity contribution is 7.07. The van der Waals surface area contributed by atoms with Crippen molar-refractivity contribution in [3.63, 3.8) is 0 Å². The first-order chi connectivity index (χ1) is 12.3. The van der Waals surface area contributed by atoms with Gasteiger partial charge in [0.15, 0.2) is 5.82 Å². The Labute approximate surface area is 151 Å². The zero-order valence-corrected chi connectivity index (χ0v) is 15.3. The molecule has 132 valence electrons. The molecule has 0 aliphatic carbocycles. The smallest absolute Gasteiger partial charge is 0.420 e. The molecule has 2 heterocycles. The van der Waals surface area contributed by atoms with Crippen molar-refractivity contribution in [2.45, 2.75) is 45.4 Å². The minimum Gasteiger partial charge on any atom is -0.449 e. The fourth-order valence-electron chi connectivity index (χ4n) is 2.81. The number of thiazole rings is 1. The minimum atomic E-state index is -0.384. The maximum Gasteiger partial charge on any atom is 0.420 e. The van der Waals surface area contributed by atoms with Gasteiger partial charge < -0.3 is 4.74 Å². The molecule has 0 unspecified atom stereocenters. The molecule has 0 N–H and O–H groups in total. The number of hydrogen-bond donors (Lipinski definition) is 0. The Kier molecular flexibility index (Phi) is 6.17. The van der Waals surface area contributed by atoms with Crippen LogP contribution in [0.25, 0.3) is 22.6 Å². The van der Waals surface area contributed by atoms with Crippen LogP contribution in [0.5, 0.6) is 0 Å². The van der Waals surface area contributed by atoms with Gasteiger partial charge >= 0.3 is 6.09 Å². The zero-order valence-electron chi connectivity index (χ0n) is 14.5. The van der Waals surface area contributed by atoms with Gasteiger partial charge in [-0.15, -0.1) is 11.3 Å². The van der Waals surface area contributed by atoms with E-state index in [1.165, 1.54) is 41.6 Å². The fourth-order valence-corrected chi connectivity index (χ4v) is 3.34. The molecule has 25 heavy (non-hydrogen) atoms. The van der Waals surface area contributed by atoms with Crippen molar-refractivity contribution < 1.29 is 9.53 Å². The lowest BCUT2D eigenvalue weighted by Gasteiger charge is -2.08. The monoisotopic (exact) mass is 357 g/mol. The van der Waals surface area contributed by atoms with Crippen LogP contribution in [0.3, 0.4) is 0 Å². The Morgan fingerprint density at radius 3 is 2.76 bits per heavy atom. The summed E-state index contributed by atoms with van der Waals surface area (Å²) < 4.78 is 7.03. The number of carbonyl (C=O) groups is 1.